The van der Waals surface area contributed by atoms with Crippen LogP contribution < -0.4 is 9.64 Å². The Hall–Kier alpha value is -2.60. The molecule has 0 saturated heterocycles. The number of halogens is 1. The summed E-state index contributed by atoms with van der Waals surface area (Å²) in [7, 11) is 0. The number of nitro groups is 1. The fourth-order valence-corrected chi connectivity index (χ4v) is 1.86. The highest BCUT2D eigenvalue weighted by Crippen LogP contribution is 2.20. The lowest BCUT2D eigenvalue weighted by molar-refractivity contribution is -0.384. The summed E-state index contributed by atoms with van der Waals surface area (Å²) in [5.41, 5.74) is 0.520. The number of benzene rings is 2. The van der Waals surface area contributed by atoms with E-state index < -0.39 is 11.0 Å². The van der Waals surface area contributed by atoms with Gasteiger partial charge in [-0.05, 0) is 24.3 Å². The summed E-state index contributed by atoms with van der Waals surface area (Å²) in [6, 6.07) is 14.0. The first kappa shape index (κ1) is 14.8. The van der Waals surface area contributed by atoms with Crippen LogP contribution in [-0.4, -0.2) is 17.0 Å². The third kappa shape index (κ3) is 3.70. The molecule has 21 heavy (non-hydrogen) atoms. The van der Waals surface area contributed by atoms with Crippen molar-refractivity contribution in [3.05, 3.63) is 64.7 Å². The minimum atomic E-state index is -0.662. The number of nitro benzene ring substituents is 1. The van der Waals surface area contributed by atoms with E-state index >= 15 is 0 Å². The molecular formula is C14H11ClN2O4. The van der Waals surface area contributed by atoms with Gasteiger partial charge in [-0.25, -0.2) is 4.79 Å². The number of nitrogens with zero attached hydrogens (tertiary/aromatic N) is 2. The SMILES string of the molecule is O=C(Oc1ccc([N+](=O)[O-])cc1)N(CCl)c1ccccc1. The zero-order valence-corrected chi connectivity index (χ0v) is 11.6. The number of carbonyl (C=O) groups excluding carboxylic acids is 1. The summed E-state index contributed by atoms with van der Waals surface area (Å²) >= 11 is 5.77. The van der Waals surface area contributed by atoms with E-state index in [1.54, 1.807) is 24.3 Å². The van der Waals surface area contributed by atoms with Crippen molar-refractivity contribution in [2.24, 2.45) is 0 Å². The average Bonchev–Trinajstić information content (AvgIpc) is 2.49. The van der Waals surface area contributed by atoms with Crippen molar-refractivity contribution < 1.29 is 14.5 Å². The summed E-state index contributed by atoms with van der Waals surface area (Å²) < 4.78 is 5.14. The van der Waals surface area contributed by atoms with Crippen molar-refractivity contribution in [1.29, 1.82) is 0 Å². The Bertz CT molecular complexity index is 631. The lowest BCUT2D eigenvalue weighted by atomic mass is 10.3. The van der Waals surface area contributed by atoms with E-state index in [9.17, 15) is 14.9 Å². The first-order chi connectivity index (χ1) is 10.1. The Morgan fingerprint density at radius 2 is 1.76 bits per heavy atom. The molecule has 0 heterocycles. The molecule has 0 radical (unpaired) electrons. The van der Waals surface area contributed by atoms with Gasteiger partial charge >= 0.3 is 6.09 Å². The van der Waals surface area contributed by atoms with Crippen molar-refractivity contribution in [1.82, 2.24) is 0 Å². The molecule has 2 aromatic rings. The van der Waals surface area contributed by atoms with Crippen LogP contribution in [0.1, 0.15) is 0 Å². The molecule has 6 nitrogen and oxygen atoms in total. The van der Waals surface area contributed by atoms with Crippen molar-refractivity contribution in [2.45, 2.75) is 0 Å². The summed E-state index contributed by atoms with van der Waals surface area (Å²) in [6.07, 6.45) is -0.662. The highest BCUT2D eigenvalue weighted by molar-refractivity contribution is 6.21. The van der Waals surface area contributed by atoms with Gasteiger partial charge in [-0.2, -0.15) is 0 Å². The molecule has 0 spiro atoms. The summed E-state index contributed by atoms with van der Waals surface area (Å²) in [4.78, 5) is 23.3. The van der Waals surface area contributed by atoms with Gasteiger partial charge in [-0.15, -0.1) is 11.6 Å². The first-order valence-electron chi connectivity index (χ1n) is 5.96. The molecule has 108 valence electrons. The highest BCUT2D eigenvalue weighted by atomic mass is 35.5. The zero-order valence-electron chi connectivity index (χ0n) is 10.8. The number of rotatable bonds is 4. The number of amides is 1. The standard InChI is InChI=1S/C14H11ClN2O4/c15-10-16(11-4-2-1-3-5-11)14(18)21-13-8-6-12(7-9-13)17(19)20/h1-9H,10H2. The second kappa shape index (κ2) is 6.71. The zero-order chi connectivity index (χ0) is 15.2. The van der Waals surface area contributed by atoms with Crippen LogP contribution in [-0.2, 0) is 0 Å². The molecule has 1 amide bonds. The molecule has 0 atom stereocenters. The van der Waals surface area contributed by atoms with E-state index in [2.05, 4.69) is 0 Å². The van der Waals surface area contributed by atoms with Crippen LogP contribution in [0.5, 0.6) is 5.75 Å². The molecule has 0 unspecified atom stereocenters. The van der Waals surface area contributed by atoms with Crippen LogP contribution >= 0.6 is 11.6 Å². The van der Waals surface area contributed by atoms with Crippen molar-refractivity contribution in [2.75, 3.05) is 10.9 Å². The number of hydrogen-bond acceptors (Lipinski definition) is 4. The van der Waals surface area contributed by atoms with E-state index in [0.717, 1.165) is 0 Å². The molecule has 0 N–H and O–H groups in total. The lowest BCUT2D eigenvalue weighted by Gasteiger charge is -2.19. The minimum Gasteiger partial charge on any atom is -0.410 e. The van der Waals surface area contributed by atoms with Crippen molar-refractivity contribution in [3.8, 4) is 5.75 Å². The first-order valence-corrected chi connectivity index (χ1v) is 6.50. The van der Waals surface area contributed by atoms with Gasteiger partial charge in [-0.1, -0.05) is 18.2 Å². The van der Waals surface area contributed by atoms with Crippen molar-refractivity contribution >= 4 is 29.1 Å². The second-order valence-corrected chi connectivity index (χ2v) is 4.24. The quantitative estimate of drug-likeness (QED) is 0.373. The molecule has 0 aromatic heterocycles. The molecule has 0 bridgehead atoms. The van der Waals surface area contributed by atoms with Gasteiger partial charge in [0.15, 0.2) is 0 Å². The van der Waals surface area contributed by atoms with Crippen LogP contribution in [0.25, 0.3) is 0 Å². The van der Waals surface area contributed by atoms with Crippen LogP contribution in [0.2, 0.25) is 0 Å². The van der Waals surface area contributed by atoms with E-state index in [-0.39, 0.29) is 17.4 Å². The van der Waals surface area contributed by atoms with Gasteiger partial charge in [0.25, 0.3) is 5.69 Å². The van der Waals surface area contributed by atoms with Gasteiger partial charge in [0.05, 0.1) is 4.92 Å². The minimum absolute atomic E-state index is 0.0736. The maximum Gasteiger partial charge on any atom is 0.420 e. The molecule has 2 aromatic carbocycles. The maximum absolute atomic E-state index is 12.0. The third-order valence-corrected chi connectivity index (χ3v) is 2.90. The Kier molecular flexibility index (Phi) is 4.73. The smallest absolute Gasteiger partial charge is 0.410 e. The predicted molar refractivity (Wildman–Crippen MR) is 78.8 cm³/mol. The number of alkyl halides is 1. The van der Waals surface area contributed by atoms with Gasteiger partial charge in [0.1, 0.15) is 11.8 Å². The topological polar surface area (TPSA) is 72.7 Å². The Balaban J connectivity index is 2.11. The third-order valence-electron chi connectivity index (χ3n) is 2.66. The van der Waals surface area contributed by atoms with Crippen LogP contribution in [0.3, 0.4) is 0 Å². The number of ether oxygens (including phenoxy) is 1. The highest BCUT2D eigenvalue weighted by Gasteiger charge is 2.17. The second-order valence-electron chi connectivity index (χ2n) is 4.00. The summed E-state index contributed by atoms with van der Waals surface area (Å²) in [5, 5.41) is 10.5. The van der Waals surface area contributed by atoms with Gasteiger partial charge in [-0.3, -0.25) is 15.0 Å². The largest absolute Gasteiger partial charge is 0.420 e. The number of para-hydroxylation sites is 1. The fourth-order valence-electron chi connectivity index (χ4n) is 1.62. The predicted octanol–water partition coefficient (Wildman–Crippen LogP) is 3.80. The molecule has 2 rings (SSSR count). The molecule has 0 fully saturated rings. The Morgan fingerprint density at radius 1 is 1.14 bits per heavy atom. The molecular weight excluding hydrogens is 296 g/mol. The Morgan fingerprint density at radius 3 is 2.29 bits per heavy atom. The van der Waals surface area contributed by atoms with Gasteiger partial charge < -0.3 is 4.74 Å². The van der Waals surface area contributed by atoms with Gasteiger partial charge in [0, 0.05) is 17.8 Å². The number of carbonyl (C=O) groups is 1. The fraction of sp³-hybridized carbons (Fsp3) is 0.0714. The van der Waals surface area contributed by atoms with E-state index in [0.29, 0.717) is 5.69 Å². The number of anilines is 1. The van der Waals surface area contributed by atoms with Crippen LogP contribution in [0.15, 0.2) is 54.6 Å². The molecule has 0 aliphatic heterocycles. The molecule has 0 aliphatic rings. The monoisotopic (exact) mass is 306 g/mol. The maximum atomic E-state index is 12.0. The van der Waals surface area contributed by atoms with Crippen LogP contribution in [0.4, 0.5) is 16.2 Å². The van der Waals surface area contributed by atoms with Gasteiger partial charge in [0.2, 0.25) is 0 Å². The molecule has 0 saturated carbocycles. The van der Waals surface area contributed by atoms with Crippen molar-refractivity contribution in [3.63, 3.8) is 0 Å². The average molecular weight is 307 g/mol. The van der Waals surface area contributed by atoms with Crippen LogP contribution in [0, 0.1) is 10.1 Å². The van der Waals surface area contributed by atoms with E-state index in [4.69, 9.17) is 16.3 Å². The lowest BCUT2D eigenvalue weighted by Crippen LogP contribution is -2.32. The summed E-state index contributed by atoms with van der Waals surface area (Å²) in [6.45, 7) is 0. The Labute approximate surface area is 125 Å². The number of non-ortho nitro benzene ring substituents is 1. The number of hydrogen-bond donors (Lipinski definition) is 0. The molecule has 7 heteroatoms. The van der Waals surface area contributed by atoms with E-state index in [1.165, 1.54) is 29.2 Å². The van der Waals surface area contributed by atoms with E-state index in [1.807, 2.05) is 6.07 Å². The normalized spacial score (nSPS) is 9.95. The summed E-state index contributed by atoms with van der Waals surface area (Å²) in [5.74, 6) is 0.205. The molecule has 0 aliphatic carbocycles.